The molecule has 19 heavy (non-hydrogen) atoms. The lowest BCUT2D eigenvalue weighted by Crippen LogP contribution is -2.21. The number of carboxylic acid groups (broad SMARTS) is 1. The van der Waals surface area contributed by atoms with Crippen LogP contribution in [-0.4, -0.2) is 29.3 Å². The lowest BCUT2D eigenvalue weighted by atomic mass is 9.97. The summed E-state index contributed by atoms with van der Waals surface area (Å²) in [5.41, 5.74) is 0.895. The SMILES string of the molecule is O=C(O)c1c(Br)cccc1NCC1CCCC1CO. The number of aliphatic hydroxyl groups excluding tert-OH is 1. The van der Waals surface area contributed by atoms with Gasteiger partial charge in [0.1, 0.15) is 0 Å². The fraction of sp³-hybridized carbons (Fsp3) is 0.500. The van der Waals surface area contributed by atoms with Gasteiger partial charge in [0.25, 0.3) is 0 Å². The molecule has 0 bridgehead atoms. The molecule has 1 aromatic rings. The molecule has 2 unspecified atom stereocenters. The molecule has 1 fully saturated rings. The number of carboxylic acids is 1. The summed E-state index contributed by atoms with van der Waals surface area (Å²) >= 11 is 3.27. The molecule has 3 N–H and O–H groups in total. The highest BCUT2D eigenvalue weighted by molar-refractivity contribution is 9.10. The number of rotatable bonds is 5. The third-order valence-corrected chi connectivity index (χ3v) is 4.49. The van der Waals surface area contributed by atoms with Gasteiger partial charge in [0, 0.05) is 23.3 Å². The van der Waals surface area contributed by atoms with E-state index in [2.05, 4.69) is 21.2 Å². The first-order valence-electron chi connectivity index (χ1n) is 6.50. The summed E-state index contributed by atoms with van der Waals surface area (Å²) < 4.78 is 0.579. The summed E-state index contributed by atoms with van der Waals surface area (Å²) in [6.07, 6.45) is 3.30. The van der Waals surface area contributed by atoms with E-state index < -0.39 is 5.97 Å². The number of hydrogen-bond acceptors (Lipinski definition) is 3. The molecule has 2 rings (SSSR count). The van der Waals surface area contributed by atoms with Crippen LogP contribution in [0.3, 0.4) is 0 Å². The summed E-state index contributed by atoms with van der Waals surface area (Å²) in [7, 11) is 0. The summed E-state index contributed by atoms with van der Waals surface area (Å²) in [6.45, 7) is 0.929. The van der Waals surface area contributed by atoms with Crippen LogP contribution in [0, 0.1) is 11.8 Å². The van der Waals surface area contributed by atoms with E-state index in [1.165, 1.54) is 0 Å². The number of aliphatic hydroxyl groups is 1. The molecular formula is C14H18BrNO3. The minimum Gasteiger partial charge on any atom is -0.478 e. The van der Waals surface area contributed by atoms with E-state index in [9.17, 15) is 15.0 Å². The normalized spacial score (nSPS) is 22.4. The topological polar surface area (TPSA) is 69.6 Å². The van der Waals surface area contributed by atoms with E-state index in [1.54, 1.807) is 12.1 Å². The average molecular weight is 328 g/mol. The molecule has 1 aliphatic carbocycles. The van der Waals surface area contributed by atoms with E-state index >= 15 is 0 Å². The van der Waals surface area contributed by atoms with Crippen molar-refractivity contribution >= 4 is 27.6 Å². The van der Waals surface area contributed by atoms with Crippen molar-refractivity contribution < 1.29 is 15.0 Å². The van der Waals surface area contributed by atoms with Crippen molar-refractivity contribution in [1.82, 2.24) is 0 Å². The fourth-order valence-corrected chi connectivity index (χ4v) is 3.29. The van der Waals surface area contributed by atoms with Gasteiger partial charge < -0.3 is 15.5 Å². The van der Waals surface area contributed by atoms with Crippen LogP contribution in [0.5, 0.6) is 0 Å². The van der Waals surface area contributed by atoms with E-state index in [4.69, 9.17) is 0 Å². The third-order valence-electron chi connectivity index (χ3n) is 3.83. The Bertz CT molecular complexity index is 464. The van der Waals surface area contributed by atoms with Gasteiger partial charge in [0.2, 0.25) is 0 Å². The average Bonchev–Trinajstić information content (AvgIpc) is 2.83. The Morgan fingerprint density at radius 2 is 2.11 bits per heavy atom. The molecule has 0 radical (unpaired) electrons. The lowest BCUT2D eigenvalue weighted by molar-refractivity contribution is 0.0697. The van der Waals surface area contributed by atoms with Gasteiger partial charge in [-0.05, 0) is 52.7 Å². The molecule has 0 saturated heterocycles. The Labute approximate surface area is 121 Å². The highest BCUT2D eigenvalue weighted by Crippen LogP contribution is 2.32. The van der Waals surface area contributed by atoms with E-state index in [0.29, 0.717) is 28.5 Å². The molecule has 1 aromatic carbocycles. The second-order valence-corrected chi connectivity index (χ2v) is 5.84. The van der Waals surface area contributed by atoms with Gasteiger partial charge in [-0.2, -0.15) is 0 Å². The molecule has 1 saturated carbocycles. The molecular weight excluding hydrogens is 310 g/mol. The van der Waals surface area contributed by atoms with Gasteiger partial charge in [0.15, 0.2) is 0 Å². The largest absolute Gasteiger partial charge is 0.478 e. The maximum atomic E-state index is 11.2. The number of aromatic carboxylic acids is 1. The second kappa shape index (κ2) is 6.39. The van der Waals surface area contributed by atoms with Crippen LogP contribution in [0.1, 0.15) is 29.6 Å². The smallest absolute Gasteiger partial charge is 0.338 e. The molecule has 0 spiro atoms. The monoisotopic (exact) mass is 327 g/mol. The zero-order valence-electron chi connectivity index (χ0n) is 10.6. The van der Waals surface area contributed by atoms with Gasteiger partial charge >= 0.3 is 5.97 Å². The van der Waals surface area contributed by atoms with Crippen molar-refractivity contribution in [3.8, 4) is 0 Å². The van der Waals surface area contributed by atoms with Crippen LogP contribution in [-0.2, 0) is 0 Å². The third kappa shape index (κ3) is 3.28. The van der Waals surface area contributed by atoms with Gasteiger partial charge in [0.05, 0.1) is 5.56 Å². The predicted octanol–water partition coefficient (Wildman–Crippen LogP) is 2.97. The highest BCUT2D eigenvalue weighted by atomic mass is 79.9. The van der Waals surface area contributed by atoms with Crippen LogP contribution in [0.4, 0.5) is 5.69 Å². The van der Waals surface area contributed by atoms with Crippen molar-refractivity contribution in [3.63, 3.8) is 0 Å². The molecule has 0 aromatic heterocycles. The number of anilines is 1. The Kier molecular flexibility index (Phi) is 4.82. The second-order valence-electron chi connectivity index (χ2n) is 4.98. The Balaban J connectivity index is 2.07. The molecule has 2 atom stereocenters. The Morgan fingerprint density at radius 3 is 2.79 bits per heavy atom. The summed E-state index contributed by atoms with van der Waals surface area (Å²) in [4.78, 5) is 11.2. The zero-order valence-corrected chi connectivity index (χ0v) is 12.2. The van der Waals surface area contributed by atoms with Gasteiger partial charge in [-0.3, -0.25) is 0 Å². The van der Waals surface area contributed by atoms with Crippen molar-refractivity contribution in [3.05, 3.63) is 28.2 Å². The zero-order chi connectivity index (χ0) is 13.8. The van der Waals surface area contributed by atoms with Crippen molar-refractivity contribution in [2.24, 2.45) is 11.8 Å². The van der Waals surface area contributed by atoms with Crippen LogP contribution >= 0.6 is 15.9 Å². The lowest BCUT2D eigenvalue weighted by Gasteiger charge is -2.19. The minimum absolute atomic E-state index is 0.219. The summed E-state index contributed by atoms with van der Waals surface area (Å²) in [5, 5.41) is 21.7. The molecule has 0 amide bonds. The summed E-state index contributed by atoms with van der Waals surface area (Å²) in [5.74, 6) is -0.182. The molecule has 1 aliphatic rings. The van der Waals surface area contributed by atoms with E-state index in [1.807, 2.05) is 6.07 Å². The fourth-order valence-electron chi connectivity index (χ4n) is 2.75. The van der Waals surface area contributed by atoms with Crippen LogP contribution in [0.2, 0.25) is 0 Å². The van der Waals surface area contributed by atoms with Gasteiger partial charge in [-0.25, -0.2) is 4.79 Å². The highest BCUT2D eigenvalue weighted by Gasteiger charge is 2.26. The predicted molar refractivity (Wildman–Crippen MR) is 77.5 cm³/mol. The number of carbonyl (C=O) groups is 1. The molecule has 5 heteroatoms. The van der Waals surface area contributed by atoms with Gasteiger partial charge in [-0.1, -0.05) is 12.5 Å². The van der Waals surface area contributed by atoms with Crippen LogP contribution in [0.25, 0.3) is 0 Å². The number of hydrogen-bond donors (Lipinski definition) is 3. The van der Waals surface area contributed by atoms with Crippen molar-refractivity contribution in [1.29, 1.82) is 0 Å². The molecule has 0 heterocycles. The quantitative estimate of drug-likeness (QED) is 0.777. The maximum Gasteiger partial charge on any atom is 0.338 e. The Hall–Kier alpha value is -1.07. The summed E-state index contributed by atoms with van der Waals surface area (Å²) in [6, 6.07) is 5.31. The minimum atomic E-state index is -0.944. The van der Waals surface area contributed by atoms with E-state index in [-0.39, 0.29) is 12.2 Å². The molecule has 4 nitrogen and oxygen atoms in total. The van der Waals surface area contributed by atoms with Crippen molar-refractivity contribution in [2.75, 3.05) is 18.5 Å². The Morgan fingerprint density at radius 1 is 1.37 bits per heavy atom. The number of nitrogens with one attached hydrogen (secondary N) is 1. The first-order valence-corrected chi connectivity index (χ1v) is 7.29. The maximum absolute atomic E-state index is 11.2. The van der Waals surface area contributed by atoms with Crippen LogP contribution < -0.4 is 5.32 Å². The number of benzene rings is 1. The van der Waals surface area contributed by atoms with E-state index in [0.717, 1.165) is 19.3 Å². The first-order chi connectivity index (χ1) is 9.13. The first kappa shape index (κ1) is 14.3. The molecule has 0 aliphatic heterocycles. The van der Waals surface area contributed by atoms with Crippen LogP contribution in [0.15, 0.2) is 22.7 Å². The van der Waals surface area contributed by atoms with Crippen molar-refractivity contribution in [2.45, 2.75) is 19.3 Å². The number of halogens is 1. The van der Waals surface area contributed by atoms with Gasteiger partial charge in [-0.15, -0.1) is 0 Å². The molecule has 104 valence electrons. The standard InChI is InChI=1S/C14H18BrNO3/c15-11-5-2-6-12(13(11)14(18)19)16-7-9-3-1-4-10(9)8-17/h2,5-6,9-10,16-17H,1,3-4,7-8H2,(H,18,19).